The minimum Gasteiger partial charge on any atom is -0.497 e. The highest BCUT2D eigenvalue weighted by Gasteiger charge is 2.23. The average molecular weight is 340 g/mol. The zero-order chi connectivity index (χ0) is 16.8. The molecular formula is C18H16N2O3S. The van der Waals surface area contributed by atoms with E-state index in [0.717, 1.165) is 11.3 Å². The molecule has 0 unspecified atom stereocenters. The van der Waals surface area contributed by atoms with Crippen LogP contribution in [0.4, 0.5) is 5.13 Å². The molecule has 0 saturated heterocycles. The number of hydrogen-bond donors (Lipinski definition) is 1. The van der Waals surface area contributed by atoms with E-state index in [1.54, 1.807) is 43.0 Å². The summed E-state index contributed by atoms with van der Waals surface area (Å²) in [5.74, 6) is 1.04. The van der Waals surface area contributed by atoms with Gasteiger partial charge in [0.15, 0.2) is 5.13 Å². The van der Waals surface area contributed by atoms with Crippen molar-refractivity contribution in [3.8, 4) is 11.5 Å². The molecule has 0 bridgehead atoms. The minimum atomic E-state index is -0.775. The van der Waals surface area contributed by atoms with Crippen molar-refractivity contribution in [2.75, 3.05) is 12.4 Å². The smallest absolute Gasteiger partial charge is 0.271 e. The van der Waals surface area contributed by atoms with Crippen LogP contribution in [0.5, 0.6) is 11.5 Å². The van der Waals surface area contributed by atoms with Crippen molar-refractivity contribution in [2.45, 2.75) is 6.10 Å². The van der Waals surface area contributed by atoms with E-state index in [-0.39, 0.29) is 5.91 Å². The van der Waals surface area contributed by atoms with Crippen molar-refractivity contribution in [3.05, 3.63) is 71.7 Å². The number of ether oxygens (including phenoxy) is 2. The summed E-state index contributed by atoms with van der Waals surface area (Å²) in [5.41, 5.74) is 0.766. The van der Waals surface area contributed by atoms with Crippen LogP contribution in [0.3, 0.4) is 0 Å². The first-order valence-electron chi connectivity index (χ1n) is 7.32. The van der Waals surface area contributed by atoms with Gasteiger partial charge in [0.2, 0.25) is 6.10 Å². The van der Waals surface area contributed by atoms with Crippen molar-refractivity contribution >= 4 is 22.4 Å². The van der Waals surface area contributed by atoms with Gasteiger partial charge in [-0.3, -0.25) is 10.1 Å². The summed E-state index contributed by atoms with van der Waals surface area (Å²) < 4.78 is 11.1. The largest absolute Gasteiger partial charge is 0.497 e. The fraction of sp³-hybridized carbons (Fsp3) is 0.111. The standard InChI is InChI=1S/C18H16N2O3S/c1-22-14-7-9-15(10-8-14)23-16(13-5-3-2-4-6-13)17(21)20-18-19-11-12-24-18/h2-12,16H,1H3,(H,19,20,21)/t16-/m1/s1. The van der Waals surface area contributed by atoms with Gasteiger partial charge >= 0.3 is 0 Å². The normalized spacial score (nSPS) is 11.5. The zero-order valence-corrected chi connectivity index (χ0v) is 13.8. The lowest BCUT2D eigenvalue weighted by atomic mass is 10.1. The lowest BCUT2D eigenvalue weighted by Gasteiger charge is -2.18. The van der Waals surface area contributed by atoms with E-state index in [0.29, 0.717) is 10.9 Å². The van der Waals surface area contributed by atoms with Gasteiger partial charge in [0.05, 0.1) is 7.11 Å². The number of nitrogens with zero attached hydrogens (tertiary/aromatic N) is 1. The molecule has 1 amide bonds. The fourth-order valence-corrected chi connectivity index (χ4v) is 2.68. The topological polar surface area (TPSA) is 60.5 Å². The number of aromatic nitrogens is 1. The maximum atomic E-state index is 12.6. The Bertz CT molecular complexity index is 774. The van der Waals surface area contributed by atoms with Crippen LogP contribution in [0, 0.1) is 0 Å². The molecule has 0 fully saturated rings. The van der Waals surface area contributed by atoms with Crippen LogP contribution in [0.15, 0.2) is 66.2 Å². The van der Waals surface area contributed by atoms with E-state index in [4.69, 9.17) is 9.47 Å². The summed E-state index contributed by atoms with van der Waals surface area (Å²) in [5, 5.41) is 5.13. The van der Waals surface area contributed by atoms with Gasteiger partial charge < -0.3 is 9.47 Å². The maximum absolute atomic E-state index is 12.6. The van der Waals surface area contributed by atoms with E-state index in [9.17, 15) is 4.79 Å². The Labute approximate surface area is 143 Å². The molecule has 1 N–H and O–H groups in total. The van der Waals surface area contributed by atoms with Crippen molar-refractivity contribution in [2.24, 2.45) is 0 Å². The van der Waals surface area contributed by atoms with Crippen LogP contribution in [0.1, 0.15) is 11.7 Å². The Morgan fingerprint density at radius 3 is 2.42 bits per heavy atom. The third-order valence-electron chi connectivity index (χ3n) is 3.32. The van der Waals surface area contributed by atoms with E-state index in [2.05, 4.69) is 10.3 Å². The molecular weight excluding hydrogens is 324 g/mol. The summed E-state index contributed by atoms with van der Waals surface area (Å²) in [6.07, 6.45) is 0.866. The second-order valence-corrected chi connectivity index (χ2v) is 5.81. The third-order valence-corrected chi connectivity index (χ3v) is 4.00. The van der Waals surface area contributed by atoms with E-state index < -0.39 is 6.10 Å². The molecule has 0 saturated carbocycles. The molecule has 1 atom stereocenters. The molecule has 0 aliphatic carbocycles. The summed E-state index contributed by atoms with van der Waals surface area (Å²) in [6, 6.07) is 16.5. The summed E-state index contributed by atoms with van der Waals surface area (Å²) in [4.78, 5) is 16.7. The van der Waals surface area contributed by atoms with Gasteiger partial charge in [-0.05, 0) is 24.3 Å². The van der Waals surface area contributed by atoms with E-state index >= 15 is 0 Å². The molecule has 3 rings (SSSR count). The molecule has 0 spiro atoms. The van der Waals surface area contributed by atoms with Crippen molar-refractivity contribution < 1.29 is 14.3 Å². The van der Waals surface area contributed by atoms with Crippen molar-refractivity contribution in [1.82, 2.24) is 4.98 Å². The Hall–Kier alpha value is -2.86. The first kappa shape index (κ1) is 16.0. The predicted molar refractivity (Wildman–Crippen MR) is 93.5 cm³/mol. The van der Waals surface area contributed by atoms with Gasteiger partial charge in [-0.1, -0.05) is 30.3 Å². The highest BCUT2D eigenvalue weighted by Crippen LogP contribution is 2.25. The Morgan fingerprint density at radius 2 is 1.79 bits per heavy atom. The molecule has 0 radical (unpaired) electrons. The monoisotopic (exact) mass is 340 g/mol. The summed E-state index contributed by atoms with van der Waals surface area (Å²) >= 11 is 1.36. The Morgan fingerprint density at radius 1 is 1.08 bits per heavy atom. The second-order valence-electron chi connectivity index (χ2n) is 4.91. The Kier molecular flexibility index (Phi) is 5.08. The Balaban J connectivity index is 1.82. The van der Waals surface area contributed by atoms with Gasteiger partial charge in [0.25, 0.3) is 5.91 Å². The number of amides is 1. The quantitative estimate of drug-likeness (QED) is 0.739. The highest BCUT2D eigenvalue weighted by molar-refractivity contribution is 7.13. The van der Waals surface area contributed by atoms with Crippen LogP contribution >= 0.6 is 11.3 Å². The zero-order valence-electron chi connectivity index (χ0n) is 13.0. The first-order chi connectivity index (χ1) is 11.8. The number of benzene rings is 2. The van der Waals surface area contributed by atoms with Gasteiger partial charge in [-0.2, -0.15) is 0 Å². The molecule has 1 heterocycles. The molecule has 5 nitrogen and oxygen atoms in total. The number of carbonyl (C=O) groups excluding carboxylic acids is 1. The summed E-state index contributed by atoms with van der Waals surface area (Å²) in [6.45, 7) is 0. The minimum absolute atomic E-state index is 0.271. The fourth-order valence-electron chi connectivity index (χ4n) is 2.15. The van der Waals surface area contributed by atoms with Gasteiger partial charge in [-0.15, -0.1) is 11.3 Å². The molecule has 24 heavy (non-hydrogen) atoms. The predicted octanol–water partition coefficient (Wildman–Crippen LogP) is 3.91. The molecule has 3 aromatic rings. The molecule has 2 aromatic carbocycles. The number of methoxy groups -OCH3 is 1. The second kappa shape index (κ2) is 7.61. The maximum Gasteiger partial charge on any atom is 0.271 e. The van der Waals surface area contributed by atoms with Gasteiger partial charge in [-0.25, -0.2) is 4.98 Å². The van der Waals surface area contributed by atoms with E-state index in [1.807, 2.05) is 30.3 Å². The van der Waals surface area contributed by atoms with E-state index in [1.165, 1.54) is 11.3 Å². The average Bonchev–Trinajstić information content (AvgIpc) is 3.14. The molecule has 0 aliphatic heterocycles. The van der Waals surface area contributed by atoms with Crippen LogP contribution in [-0.4, -0.2) is 18.0 Å². The number of thiazole rings is 1. The molecule has 0 aliphatic rings. The third kappa shape index (κ3) is 3.91. The summed E-state index contributed by atoms with van der Waals surface area (Å²) in [7, 11) is 1.60. The SMILES string of the molecule is COc1ccc(O[C@@H](C(=O)Nc2nccs2)c2ccccc2)cc1. The molecule has 1 aromatic heterocycles. The van der Waals surface area contributed by atoms with Gasteiger partial charge in [0, 0.05) is 17.1 Å². The number of nitrogens with one attached hydrogen (secondary N) is 1. The lowest BCUT2D eigenvalue weighted by Crippen LogP contribution is -2.25. The first-order valence-corrected chi connectivity index (χ1v) is 8.20. The van der Waals surface area contributed by atoms with Gasteiger partial charge in [0.1, 0.15) is 11.5 Å². The number of rotatable bonds is 6. The lowest BCUT2D eigenvalue weighted by molar-refractivity contribution is -0.123. The van der Waals surface area contributed by atoms with Crippen LogP contribution in [0.2, 0.25) is 0 Å². The van der Waals surface area contributed by atoms with Crippen LogP contribution in [-0.2, 0) is 4.79 Å². The molecule has 122 valence electrons. The number of carbonyl (C=O) groups is 1. The number of hydrogen-bond acceptors (Lipinski definition) is 5. The molecule has 6 heteroatoms. The highest BCUT2D eigenvalue weighted by atomic mass is 32.1. The van der Waals surface area contributed by atoms with Crippen LogP contribution < -0.4 is 14.8 Å². The van der Waals surface area contributed by atoms with Crippen LogP contribution in [0.25, 0.3) is 0 Å². The van der Waals surface area contributed by atoms with Crippen molar-refractivity contribution in [1.29, 1.82) is 0 Å². The van der Waals surface area contributed by atoms with Crippen molar-refractivity contribution in [3.63, 3.8) is 0 Å². The number of anilines is 1.